The van der Waals surface area contributed by atoms with Crippen molar-refractivity contribution < 1.29 is 14.2 Å². The predicted molar refractivity (Wildman–Crippen MR) is 129 cm³/mol. The smallest absolute Gasteiger partial charge is 0.227 e. The van der Waals surface area contributed by atoms with Gasteiger partial charge in [0.2, 0.25) is 5.95 Å². The molecule has 0 atom stereocenters. The van der Waals surface area contributed by atoms with Crippen molar-refractivity contribution in [3.05, 3.63) is 53.7 Å². The molecule has 0 radical (unpaired) electrons. The molecule has 2 heterocycles. The zero-order chi connectivity index (χ0) is 22.6. The Kier molecular flexibility index (Phi) is 6.30. The quantitative estimate of drug-likeness (QED) is 0.547. The fourth-order valence-corrected chi connectivity index (χ4v) is 4.56. The summed E-state index contributed by atoms with van der Waals surface area (Å²) in [6.45, 7) is 3.93. The third-order valence-electron chi connectivity index (χ3n) is 6.38. The van der Waals surface area contributed by atoms with Crippen LogP contribution >= 0.6 is 0 Å². The van der Waals surface area contributed by atoms with Crippen LogP contribution in [0.2, 0.25) is 0 Å². The summed E-state index contributed by atoms with van der Waals surface area (Å²) in [6.07, 6.45) is 6.41. The second kappa shape index (κ2) is 9.67. The Labute approximate surface area is 194 Å². The molecule has 0 saturated carbocycles. The van der Waals surface area contributed by atoms with Gasteiger partial charge in [0, 0.05) is 30.1 Å². The van der Waals surface area contributed by atoms with Crippen LogP contribution in [0.4, 0.5) is 11.6 Å². The van der Waals surface area contributed by atoms with E-state index in [1.165, 1.54) is 31.5 Å². The lowest BCUT2D eigenvalue weighted by Gasteiger charge is -2.20. The number of nitrogens with zero attached hydrogens (tertiary/aromatic N) is 3. The summed E-state index contributed by atoms with van der Waals surface area (Å²) in [5, 5.41) is 3.32. The summed E-state index contributed by atoms with van der Waals surface area (Å²) in [5.74, 6) is 2.82. The molecular weight excluding hydrogens is 416 g/mol. The second-order valence-electron chi connectivity index (χ2n) is 8.48. The van der Waals surface area contributed by atoms with Crippen molar-refractivity contribution in [3.63, 3.8) is 0 Å². The van der Waals surface area contributed by atoms with Crippen molar-refractivity contribution in [2.75, 3.05) is 45.8 Å². The number of anilines is 2. The Morgan fingerprint density at radius 3 is 2.61 bits per heavy atom. The van der Waals surface area contributed by atoms with Crippen molar-refractivity contribution in [1.29, 1.82) is 0 Å². The average molecular weight is 447 g/mol. The van der Waals surface area contributed by atoms with E-state index in [4.69, 9.17) is 19.2 Å². The highest BCUT2D eigenvalue weighted by Gasteiger charge is 2.20. The van der Waals surface area contributed by atoms with Crippen LogP contribution in [0, 0.1) is 0 Å². The minimum absolute atomic E-state index is 0.550. The number of rotatable bonds is 8. The number of aryl methyl sites for hydroxylation is 2. The van der Waals surface area contributed by atoms with E-state index < -0.39 is 0 Å². The Hall–Kier alpha value is -3.32. The number of likely N-dealkylation sites (tertiary alicyclic amines) is 1. The zero-order valence-electron chi connectivity index (χ0n) is 19.3. The van der Waals surface area contributed by atoms with Crippen LogP contribution in [0.1, 0.15) is 24.0 Å². The van der Waals surface area contributed by atoms with E-state index in [0.29, 0.717) is 18.3 Å². The Balaban J connectivity index is 1.32. The Bertz CT molecular complexity index is 1130. The molecule has 2 aromatic carbocycles. The maximum atomic E-state index is 5.99. The summed E-state index contributed by atoms with van der Waals surface area (Å²) < 4.78 is 17.0. The fourth-order valence-electron chi connectivity index (χ4n) is 4.56. The number of hydrogen-bond acceptors (Lipinski definition) is 7. The fraction of sp³-hybridized carbons (Fsp3) is 0.385. The molecule has 7 heteroatoms. The summed E-state index contributed by atoms with van der Waals surface area (Å²) >= 11 is 0. The summed E-state index contributed by atoms with van der Waals surface area (Å²) in [6, 6.07) is 12.0. The first kappa shape index (κ1) is 21.5. The first-order chi connectivity index (χ1) is 16.2. The number of hydrogen-bond donors (Lipinski definition) is 1. The van der Waals surface area contributed by atoms with Gasteiger partial charge < -0.3 is 19.5 Å². The minimum atomic E-state index is 0.550. The highest BCUT2D eigenvalue weighted by Crippen LogP contribution is 2.36. The standard InChI is InChI=1S/C26H30N4O3/c1-31-21-9-7-18-5-6-19-17-27-26(29-25(19)22(18)16-21)28-20-8-10-23(24(15-20)32-2)33-14-13-30-11-3-4-12-30/h7-10,15-17H,3-6,11-14H2,1-2H3,(H,27,28,29). The lowest BCUT2D eigenvalue weighted by molar-refractivity contribution is 0.230. The Morgan fingerprint density at radius 2 is 1.79 bits per heavy atom. The van der Waals surface area contributed by atoms with Crippen molar-refractivity contribution in [2.45, 2.75) is 25.7 Å². The van der Waals surface area contributed by atoms with Gasteiger partial charge in [0.25, 0.3) is 0 Å². The number of methoxy groups -OCH3 is 2. The summed E-state index contributed by atoms with van der Waals surface area (Å²) in [4.78, 5) is 11.8. The van der Waals surface area contributed by atoms with Crippen LogP contribution in [-0.2, 0) is 12.8 Å². The normalized spacial score (nSPS) is 15.0. The molecule has 0 spiro atoms. The number of fused-ring (bicyclic) bond motifs is 3. The maximum Gasteiger partial charge on any atom is 0.227 e. The van der Waals surface area contributed by atoms with Gasteiger partial charge in [0.05, 0.1) is 19.9 Å². The molecule has 0 bridgehead atoms. The van der Waals surface area contributed by atoms with E-state index in [0.717, 1.165) is 53.4 Å². The first-order valence-electron chi connectivity index (χ1n) is 11.6. The van der Waals surface area contributed by atoms with Crippen LogP contribution in [0.25, 0.3) is 11.3 Å². The van der Waals surface area contributed by atoms with Gasteiger partial charge in [0.15, 0.2) is 11.5 Å². The Morgan fingerprint density at radius 1 is 0.939 bits per heavy atom. The molecule has 7 nitrogen and oxygen atoms in total. The number of ether oxygens (including phenoxy) is 3. The topological polar surface area (TPSA) is 68.7 Å². The monoisotopic (exact) mass is 446 g/mol. The summed E-state index contributed by atoms with van der Waals surface area (Å²) in [5.41, 5.74) is 5.35. The van der Waals surface area contributed by atoms with Crippen molar-refractivity contribution in [2.24, 2.45) is 0 Å². The molecule has 3 aromatic rings. The molecule has 1 aliphatic carbocycles. The van der Waals surface area contributed by atoms with Gasteiger partial charge in [0.1, 0.15) is 12.4 Å². The highest BCUT2D eigenvalue weighted by atomic mass is 16.5. The molecule has 1 saturated heterocycles. The van der Waals surface area contributed by atoms with Crippen LogP contribution in [0.3, 0.4) is 0 Å². The van der Waals surface area contributed by atoms with Gasteiger partial charge in [-0.15, -0.1) is 0 Å². The molecule has 0 amide bonds. The van der Waals surface area contributed by atoms with E-state index in [9.17, 15) is 0 Å². The van der Waals surface area contributed by atoms with Crippen molar-refractivity contribution in [3.8, 4) is 28.5 Å². The lowest BCUT2D eigenvalue weighted by Crippen LogP contribution is -2.25. The van der Waals surface area contributed by atoms with Crippen LogP contribution in [0.5, 0.6) is 17.2 Å². The molecule has 2 aliphatic rings. The number of benzene rings is 2. The van der Waals surface area contributed by atoms with Crippen molar-refractivity contribution in [1.82, 2.24) is 14.9 Å². The molecule has 1 aliphatic heterocycles. The van der Waals surface area contributed by atoms with Crippen LogP contribution in [-0.4, -0.2) is 55.3 Å². The van der Waals surface area contributed by atoms with Gasteiger partial charge in [-0.3, -0.25) is 4.90 Å². The minimum Gasteiger partial charge on any atom is -0.497 e. The number of aromatic nitrogens is 2. The van der Waals surface area contributed by atoms with E-state index >= 15 is 0 Å². The lowest BCUT2D eigenvalue weighted by atomic mass is 9.90. The molecule has 1 fully saturated rings. The summed E-state index contributed by atoms with van der Waals surface area (Å²) in [7, 11) is 3.34. The molecule has 0 unspecified atom stereocenters. The predicted octanol–water partition coefficient (Wildman–Crippen LogP) is 4.48. The van der Waals surface area contributed by atoms with E-state index in [-0.39, 0.29) is 0 Å². The third-order valence-corrected chi connectivity index (χ3v) is 6.38. The van der Waals surface area contributed by atoms with Crippen LogP contribution in [0.15, 0.2) is 42.6 Å². The molecular formula is C26H30N4O3. The largest absolute Gasteiger partial charge is 0.497 e. The first-order valence-corrected chi connectivity index (χ1v) is 11.6. The zero-order valence-corrected chi connectivity index (χ0v) is 19.3. The molecule has 172 valence electrons. The second-order valence-corrected chi connectivity index (χ2v) is 8.48. The SMILES string of the molecule is COc1ccc2c(c1)-c1nc(Nc3ccc(OCCN4CCCC4)c(OC)c3)ncc1CC2. The van der Waals surface area contributed by atoms with Gasteiger partial charge in [-0.25, -0.2) is 9.97 Å². The van der Waals surface area contributed by atoms with Gasteiger partial charge in [-0.2, -0.15) is 0 Å². The van der Waals surface area contributed by atoms with E-state index in [1.54, 1.807) is 14.2 Å². The van der Waals surface area contributed by atoms with E-state index in [2.05, 4.69) is 27.3 Å². The average Bonchev–Trinajstić information content (AvgIpc) is 3.38. The maximum absolute atomic E-state index is 5.99. The molecule has 1 aromatic heterocycles. The number of nitrogens with one attached hydrogen (secondary N) is 1. The van der Waals surface area contributed by atoms with E-state index in [1.807, 2.05) is 30.5 Å². The molecule has 1 N–H and O–H groups in total. The third kappa shape index (κ3) is 4.73. The van der Waals surface area contributed by atoms with Gasteiger partial charge in [-0.05, 0) is 74.2 Å². The highest BCUT2D eigenvalue weighted by molar-refractivity contribution is 5.72. The van der Waals surface area contributed by atoms with Crippen LogP contribution < -0.4 is 19.5 Å². The van der Waals surface area contributed by atoms with Gasteiger partial charge in [-0.1, -0.05) is 6.07 Å². The molecule has 33 heavy (non-hydrogen) atoms. The molecule has 5 rings (SSSR count). The van der Waals surface area contributed by atoms with Crippen molar-refractivity contribution >= 4 is 11.6 Å². The van der Waals surface area contributed by atoms with Gasteiger partial charge >= 0.3 is 0 Å².